The summed E-state index contributed by atoms with van der Waals surface area (Å²) in [6.45, 7) is 0.543. The summed E-state index contributed by atoms with van der Waals surface area (Å²) < 4.78 is 0. The van der Waals surface area contributed by atoms with E-state index in [1.165, 1.54) is 6.07 Å². The molecule has 0 amide bonds. The van der Waals surface area contributed by atoms with Gasteiger partial charge in [-0.05, 0) is 18.5 Å². The molecule has 2 N–H and O–H groups in total. The van der Waals surface area contributed by atoms with Crippen molar-refractivity contribution in [2.45, 2.75) is 6.54 Å². The maximum atomic E-state index is 11.7. The molecular formula is C15H14N4O. The van der Waals surface area contributed by atoms with E-state index in [0.29, 0.717) is 23.8 Å². The van der Waals surface area contributed by atoms with Gasteiger partial charge in [-0.1, -0.05) is 24.3 Å². The van der Waals surface area contributed by atoms with Crippen LogP contribution in [0.5, 0.6) is 0 Å². The molecule has 100 valence electrons. The number of benzene rings is 1. The van der Waals surface area contributed by atoms with Crippen molar-refractivity contribution in [3.8, 4) is 11.5 Å². The number of nitrogens with one attached hydrogen (secondary N) is 2. The Hall–Kier alpha value is -2.53. The minimum Gasteiger partial charge on any atom is -0.314 e. The number of fused-ring (bicyclic) bond motifs is 1. The lowest BCUT2D eigenvalue weighted by Crippen LogP contribution is -2.15. The summed E-state index contributed by atoms with van der Waals surface area (Å²) in [5.74, 6) is 0.500. The van der Waals surface area contributed by atoms with E-state index in [4.69, 9.17) is 0 Å². The molecule has 0 saturated carbocycles. The summed E-state index contributed by atoms with van der Waals surface area (Å²) in [6, 6.07) is 11.3. The van der Waals surface area contributed by atoms with Gasteiger partial charge in [0.2, 0.25) is 0 Å². The van der Waals surface area contributed by atoms with Crippen LogP contribution in [0.15, 0.2) is 47.4 Å². The molecule has 2 aromatic heterocycles. The fraction of sp³-hybridized carbons (Fsp3) is 0.133. The van der Waals surface area contributed by atoms with Gasteiger partial charge in [-0.15, -0.1) is 0 Å². The number of aromatic nitrogens is 3. The molecule has 0 aliphatic rings. The van der Waals surface area contributed by atoms with Crippen molar-refractivity contribution in [1.29, 1.82) is 0 Å². The normalized spacial score (nSPS) is 10.8. The van der Waals surface area contributed by atoms with Crippen LogP contribution in [0.3, 0.4) is 0 Å². The van der Waals surface area contributed by atoms with Crippen molar-refractivity contribution >= 4 is 10.8 Å². The second kappa shape index (κ2) is 5.22. The van der Waals surface area contributed by atoms with Crippen molar-refractivity contribution in [3.63, 3.8) is 0 Å². The number of pyridine rings is 1. The van der Waals surface area contributed by atoms with Crippen LogP contribution in [0, 0.1) is 0 Å². The quantitative estimate of drug-likeness (QED) is 0.757. The largest absolute Gasteiger partial charge is 0.314 e. The highest BCUT2D eigenvalue weighted by Crippen LogP contribution is 2.22. The Morgan fingerprint density at radius 2 is 2.10 bits per heavy atom. The first-order chi connectivity index (χ1) is 9.78. The van der Waals surface area contributed by atoms with E-state index in [1.807, 2.05) is 37.4 Å². The fourth-order valence-electron chi connectivity index (χ4n) is 2.20. The van der Waals surface area contributed by atoms with E-state index in [-0.39, 0.29) is 5.56 Å². The molecule has 2 heterocycles. The third kappa shape index (κ3) is 2.31. The first kappa shape index (κ1) is 12.5. The highest BCUT2D eigenvalue weighted by Gasteiger charge is 2.08. The van der Waals surface area contributed by atoms with Crippen molar-refractivity contribution < 1.29 is 0 Å². The van der Waals surface area contributed by atoms with Gasteiger partial charge in [0.05, 0.1) is 5.69 Å². The Kier molecular flexibility index (Phi) is 3.26. The molecule has 5 nitrogen and oxygen atoms in total. The number of nitrogens with zero attached hydrogens (tertiary/aromatic N) is 2. The Bertz CT molecular complexity index is 805. The lowest BCUT2D eigenvalue weighted by atomic mass is 10.1. The van der Waals surface area contributed by atoms with Crippen LogP contribution in [0.25, 0.3) is 22.3 Å². The SMILES string of the molecule is CNCc1cc(=O)[nH]c(-c2nccc3ccccc23)n1. The molecule has 0 aliphatic heterocycles. The Labute approximate surface area is 115 Å². The standard InChI is InChI=1S/C15H14N4O/c1-16-9-11-8-13(20)19-15(18-11)14-12-5-3-2-4-10(12)6-7-17-14/h2-8,16H,9H2,1H3,(H,18,19,20). The van der Waals surface area contributed by atoms with Crippen molar-refractivity contribution in [1.82, 2.24) is 20.3 Å². The molecule has 20 heavy (non-hydrogen) atoms. The summed E-state index contributed by atoms with van der Waals surface area (Å²) >= 11 is 0. The monoisotopic (exact) mass is 266 g/mol. The average Bonchev–Trinajstić information content (AvgIpc) is 2.46. The maximum Gasteiger partial charge on any atom is 0.251 e. The summed E-state index contributed by atoms with van der Waals surface area (Å²) in [7, 11) is 1.82. The van der Waals surface area contributed by atoms with E-state index in [2.05, 4.69) is 20.3 Å². The van der Waals surface area contributed by atoms with Crippen molar-refractivity contribution in [2.24, 2.45) is 0 Å². The van der Waals surface area contributed by atoms with E-state index in [0.717, 1.165) is 10.8 Å². The number of aromatic amines is 1. The highest BCUT2D eigenvalue weighted by atomic mass is 16.1. The Morgan fingerprint density at radius 1 is 1.25 bits per heavy atom. The van der Waals surface area contributed by atoms with Gasteiger partial charge >= 0.3 is 0 Å². The molecule has 0 spiro atoms. The van der Waals surface area contributed by atoms with Crippen molar-refractivity contribution in [2.75, 3.05) is 7.05 Å². The third-order valence-corrected chi connectivity index (χ3v) is 3.05. The topological polar surface area (TPSA) is 70.7 Å². The third-order valence-electron chi connectivity index (χ3n) is 3.05. The number of H-pyrrole nitrogens is 1. The summed E-state index contributed by atoms with van der Waals surface area (Å²) in [6.07, 6.45) is 1.72. The fourth-order valence-corrected chi connectivity index (χ4v) is 2.20. The lowest BCUT2D eigenvalue weighted by molar-refractivity contribution is 0.784. The van der Waals surface area contributed by atoms with E-state index in [1.54, 1.807) is 6.20 Å². The number of hydrogen-bond donors (Lipinski definition) is 2. The molecule has 0 unspecified atom stereocenters. The zero-order chi connectivity index (χ0) is 13.9. The summed E-state index contributed by atoms with van der Waals surface area (Å²) in [5.41, 5.74) is 1.22. The first-order valence-corrected chi connectivity index (χ1v) is 6.37. The zero-order valence-corrected chi connectivity index (χ0v) is 11.1. The second-order valence-electron chi connectivity index (χ2n) is 4.50. The molecule has 0 fully saturated rings. The molecule has 0 atom stereocenters. The highest BCUT2D eigenvalue weighted by molar-refractivity contribution is 5.92. The van der Waals surface area contributed by atoms with Gasteiger partial charge in [-0.25, -0.2) is 4.98 Å². The second-order valence-corrected chi connectivity index (χ2v) is 4.50. The Morgan fingerprint density at radius 3 is 2.95 bits per heavy atom. The van der Waals surface area contributed by atoms with Crippen LogP contribution in [0.2, 0.25) is 0 Å². The smallest absolute Gasteiger partial charge is 0.251 e. The van der Waals surface area contributed by atoms with Gasteiger partial charge in [-0.3, -0.25) is 9.78 Å². The van der Waals surface area contributed by atoms with Gasteiger partial charge < -0.3 is 10.3 Å². The zero-order valence-electron chi connectivity index (χ0n) is 11.1. The van der Waals surface area contributed by atoms with E-state index in [9.17, 15) is 4.79 Å². The molecule has 3 aromatic rings. The molecular weight excluding hydrogens is 252 g/mol. The van der Waals surface area contributed by atoms with E-state index >= 15 is 0 Å². The van der Waals surface area contributed by atoms with Crippen LogP contribution in [0.4, 0.5) is 0 Å². The molecule has 0 saturated heterocycles. The summed E-state index contributed by atoms with van der Waals surface area (Å²) in [4.78, 5) is 23.3. The van der Waals surface area contributed by atoms with E-state index < -0.39 is 0 Å². The van der Waals surface area contributed by atoms with Crippen molar-refractivity contribution in [3.05, 3.63) is 58.6 Å². The molecule has 0 bridgehead atoms. The van der Waals surface area contributed by atoms with Crippen LogP contribution in [-0.4, -0.2) is 22.0 Å². The molecule has 5 heteroatoms. The van der Waals surface area contributed by atoms with Crippen LogP contribution >= 0.6 is 0 Å². The van der Waals surface area contributed by atoms with Crippen LogP contribution < -0.4 is 10.9 Å². The molecule has 0 radical (unpaired) electrons. The molecule has 1 aromatic carbocycles. The van der Waals surface area contributed by atoms with Gasteiger partial charge in [0.25, 0.3) is 5.56 Å². The van der Waals surface area contributed by atoms with Crippen LogP contribution in [-0.2, 0) is 6.54 Å². The predicted molar refractivity (Wildman–Crippen MR) is 78.4 cm³/mol. The summed E-state index contributed by atoms with van der Waals surface area (Å²) in [5, 5.41) is 5.03. The minimum absolute atomic E-state index is 0.171. The lowest BCUT2D eigenvalue weighted by Gasteiger charge is -2.06. The maximum absolute atomic E-state index is 11.7. The Balaban J connectivity index is 2.23. The van der Waals surface area contributed by atoms with Gasteiger partial charge in [0, 0.05) is 24.2 Å². The average molecular weight is 266 g/mol. The van der Waals surface area contributed by atoms with Gasteiger partial charge in [0.1, 0.15) is 5.69 Å². The molecule has 0 aliphatic carbocycles. The molecule has 3 rings (SSSR count). The first-order valence-electron chi connectivity index (χ1n) is 6.37. The number of rotatable bonds is 3. The van der Waals surface area contributed by atoms with Gasteiger partial charge in [-0.2, -0.15) is 0 Å². The van der Waals surface area contributed by atoms with Crippen LogP contribution in [0.1, 0.15) is 5.69 Å². The van der Waals surface area contributed by atoms with Gasteiger partial charge in [0.15, 0.2) is 5.82 Å². The predicted octanol–water partition coefficient (Wildman–Crippen LogP) is 1.70. The number of hydrogen-bond acceptors (Lipinski definition) is 4. The minimum atomic E-state index is -0.171.